The number of rotatable bonds is 2. The third kappa shape index (κ3) is 2.32. The highest BCUT2D eigenvalue weighted by Gasteiger charge is 2.74. The second-order valence-corrected chi connectivity index (χ2v) is 9.42. The number of nitro benzene ring substituents is 1. The molecule has 33 heavy (non-hydrogen) atoms. The van der Waals surface area contributed by atoms with Crippen molar-refractivity contribution in [2.75, 3.05) is 16.8 Å². The van der Waals surface area contributed by atoms with Crippen molar-refractivity contribution >= 4 is 34.8 Å². The summed E-state index contributed by atoms with van der Waals surface area (Å²) in [4.78, 5) is 55.3. The highest BCUT2D eigenvalue weighted by Crippen LogP contribution is 2.60. The van der Waals surface area contributed by atoms with E-state index < -0.39 is 28.2 Å². The van der Waals surface area contributed by atoms with E-state index in [1.54, 1.807) is 19.1 Å². The highest BCUT2D eigenvalue weighted by molar-refractivity contribution is 6.26. The first-order valence-electron chi connectivity index (χ1n) is 11.1. The Hall–Kier alpha value is -3.59. The van der Waals surface area contributed by atoms with Crippen LogP contribution in [0.2, 0.25) is 0 Å². The largest absolute Gasteiger partial charge is 0.324 e. The average molecular weight is 446 g/mol. The van der Waals surface area contributed by atoms with Crippen molar-refractivity contribution in [3.05, 3.63) is 63.2 Å². The summed E-state index contributed by atoms with van der Waals surface area (Å²) in [6, 6.07) is 9.84. The van der Waals surface area contributed by atoms with Gasteiger partial charge < -0.3 is 5.32 Å². The molecule has 9 heteroatoms. The smallest absolute Gasteiger partial charge is 0.274 e. The molecule has 2 aromatic rings. The monoisotopic (exact) mass is 446 g/mol. The number of nitrogens with one attached hydrogen (secondary N) is 1. The van der Waals surface area contributed by atoms with E-state index in [9.17, 15) is 24.5 Å². The fraction of sp³-hybridized carbons (Fsp3) is 0.375. The van der Waals surface area contributed by atoms with Gasteiger partial charge in [0.1, 0.15) is 5.54 Å². The van der Waals surface area contributed by atoms with Crippen LogP contribution >= 0.6 is 0 Å². The Morgan fingerprint density at radius 3 is 2.64 bits per heavy atom. The van der Waals surface area contributed by atoms with Gasteiger partial charge in [-0.3, -0.25) is 29.4 Å². The van der Waals surface area contributed by atoms with Gasteiger partial charge >= 0.3 is 0 Å². The Kier molecular flexibility index (Phi) is 3.93. The number of hydrogen-bond acceptors (Lipinski definition) is 6. The molecule has 0 radical (unpaired) electrons. The fourth-order valence-electron chi connectivity index (χ4n) is 6.50. The summed E-state index contributed by atoms with van der Waals surface area (Å²) in [5, 5.41) is 14.4. The van der Waals surface area contributed by atoms with Crippen molar-refractivity contribution in [1.82, 2.24) is 4.90 Å². The summed E-state index contributed by atoms with van der Waals surface area (Å²) < 4.78 is 0. The third-order valence-corrected chi connectivity index (χ3v) is 7.80. The van der Waals surface area contributed by atoms with Gasteiger partial charge in [-0.25, -0.2) is 4.90 Å². The van der Waals surface area contributed by atoms with Gasteiger partial charge in [-0.2, -0.15) is 0 Å². The molecule has 2 aromatic carbocycles. The van der Waals surface area contributed by atoms with Crippen LogP contribution < -0.4 is 10.2 Å². The SMILES string of the molecule is Cc1ccc2c(c1)[C@@]1(C(=O)N2)[C@H]2C(=O)N(c3ccc(C)c([N+](=O)[O-])c3)C(=O)[C@@H]2[C@H]2CCCN21. The summed E-state index contributed by atoms with van der Waals surface area (Å²) >= 11 is 0. The zero-order chi connectivity index (χ0) is 23.2. The topological polar surface area (TPSA) is 113 Å². The first-order chi connectivity index (χ1) is 15.8. The third-order valence-electron chi connectivity index (χ3n) is 7.80. The van der Waals surface area contributed by atoms with Crippen LogP contribution in [0.15, 0.2) is 36.4 Å². The molecule has 168 valence electrons. The van der Waals surface area contributed by atoms with Gasteiger partial charge in [0.15, 0.2) is 0 Å². The van der Waals surface area contributed by atoms with Crippen molar-refractivity contribution in [2.24, 2.45) is 11.8 Å². The van der Waals surface area contributed by atoms with Gasteiger partial charge in [-0.1, -0.05) is 23.8 Å². The molecule has 6 rings (SSSR count). The van der Waals surface area contributed by atoms with Crippen LogP contribution in [0.3, 0.4) is 0 Å². The Balaban J connectivity index is 1.54. The zero-order valence-electron chi connectivity index (χ0n) is 18.2. The molecule has 3 saturated heterocycles. The molecule has 1 spiro atoms. The number of benzene rings is 2. The van der Waals surface area contributed by atoms with E-state index in [2.05, 4.69) is 10.2 Å². The predicted molar refractivity (Wildman–Crippen MR) is 119 cm³/mol. The second-order valence-electron chi connectivity index (χ2n) is 9.42. The first kappa shape index (κ1) is 20.0. The van der Waals surface area contributed by atoms with E-state index in [-0.39, 0.29) is 29.2 Å². The number of nitrogens with zero attached hydrogens (tertiary/aromatic N) is 3. The molecule has 9 nitrogen and oxygen atoms in total. The van der Waals surface area contributed by atoms with E-state index in [0.717, 1.165) is 28.9 Å². The standard InChI is InChI=1S/C24H22N4O5/c1-12-5-8-16-15(10-12)24(23(31)25-16)20-19(17-4-3-9-26(17)24)21(29)27(22(20)30)14-7-6-13(2)18(11-14)28(32)33/h5-8,10-11,17,19-20H,3-4,9H2,1-2H3,(H,25,31)/t17-,19-,20-,24+/m1/s1. The van der Waals surface area contributed by atoms with E-state index in [4.69, 9.17) is 0 Å². The molecule has 0 aliphatic carbocycles. The number of carbonyl (C=O) groups is 3. The molecule has 3 fully saturated rings. The lowest BCUT2D eigenvalue weighted by molar-refractivity contribution is -0.385. The maximum absolute atomic E-state index is 13.9. The minimum absolute atomic E-state index is 0.151. The van der Waals surface area contributed by atoms with E-state index in [1.165, 1.54) is 6.07 Å². The Morgan fingerprint density at radius 1 is 1.09 bits per heavy atom. The molecule has 0 unspecified atom stereocenters. The van der Waals surface area contributed by atoms with Gasteiger partial charge in [-0.15, -0.1) is 0 Å². The maximum Gasteiger partial charge on any atom is 0.274 e. The van der Waals surface area contributed by atoms with Gasteiger partial charge in [0, 0.05) is 28.9 Å². The summed E-state index contributed by atoms with van der Waals surface area (Å²) in [5.74, 6) is -2.68. The number of fused-ring (bicyclic) bond motifs is 7. The van der Waals surface area contributed by atoms with Gasteiger partial charge in [-0.05, 0) is 45.4 Å². The molecular formula is C24H22N4O5. The van der Waals surface area contributed by atoms with Crippen LogP contribution in [0.1, 0.15) is 29.5 Å². The van der Waals surface area contributed by atoms with Crippen molar-refractivity contribution in [3.63, 3.8) is 0 Å². The first-order valence-corrected chi connectivity index (χ1v) is 11.1. The number of aryl methyl sites for hydroxylation is 2. The number of anilines is 2. The van der Waals surface area contributed by atoms with Gasteiger partial charge in [0.25, 0.3) is 5.69 Å². The van der Waals surface area contributed by atoms with Crippen LogP contribution in [0.5, 0.6) is 0 Å². The van der Waals surface area contributed by atoms with Gasteiger partial charge in [0.05, 0.1) is 22.4 Å². The highest BCUT2D eigenvalue weighted by atomic mass is 16.6. The van der Waals surface area contributed by atoms with Crippen LogP contribution in [-0.2, 0) is 19.9 Å². The Bertz CT molecular complexity index is 1290. The number of imide groups is 1. The van der Waals surface area contributed by atoms with E-state index in [1.807, 2.05) is 25.1 Å². The van der Waals surface area contributed by atoms with Crippen molar-refractivity contribution in [3.8, 4) is 0 Å². The molecule has 0 aromatic heterocycles. The number of amides is 3. The molecule has 1 N–H and O–H groups in total. The molecule has 4 aliphatic rings. The predicted octanol–water partition coefficient (Wildman–Crippen LogP) is 2.64. The number of carbonyl (C=O) groups excluding carboxylic acids is 3. The molecule has 4 atom stereocenters. The molecule has 4 heterocycles. The number of hydrogen-bond donors (Lipinski definition) is 1. The summed E-state index contributed by atoms with van der Waals surface area (Å²) in [7, 11) is 0. The lowest BCUT2D eigenvalue weighted by atomic mass is 9.75. The molecule has 3 amide bonds. The molecule has 0 bridgehead atoms. The van der Waals surface area contributed by atoms with Gasteiger partial charge in [0.2, 0.25) is 17.7 Å². The lowest BCUT2D eigenvalue weighted by Gasteiger charge is -2.36. The van der Waals surface area contributed by atoms with Crippen molar-refractivity contribution < 1.29 is 19.3 Å². The summed E-state index contributed by atoms with van der Waals surface area (Å²) in [5.41, 5.74) is 1.60. The van der Waals surface area contributed by atoms with Crippen LogP contribution in [0, 0.1) is 35.8 Å². The van der Waals surface area contributed by atoms with E-state index in [0.29, 0.717) is 17.8 Å². The quantitative estimate of drug-likeness (QED) is 0.431. The number of nitro groups is 1. The van der Waals surface area contributed by atoms with Crippen molar-refractivity contribution in [2.45, 2.75) is 38.3 Å². The summed E-state index contributed by atoms with van der Waals surface area (Å²) in [6.07, 6.45) is 1.56. The zero-order valence-corrected chi connectivity index (χ0v) is 18.2. The van der Waals surface area contributed by atoms with E-state index >= 15 is 0 Å². The molecule has 0 saturated carbocycles. The Labute approximate surface area is 189 Å². The Morgan fingerprint density at radius 2 is 1.88 bits per heavy atom. The van der Waals surface area contributed by atoms with Crippen LogP contribution in [-0.4, -0.2) is 40.1 Å². The van der Waals surface area contributed by atoms with Crippen LogP contribution in [0.4, 0.5) is 17.1 Å². The lowest BCUT2D eigenvalue weighted by Crippen LogP contribution is -2.54. The minimum atomic E-state index is -1.24. The molecular weight excluding hydrogens is 424 g/mol. The fourth-order valence-corrected chi connectivity index (χ4v) is 6.50. The average Bonchev–Trinajstić information content (AvgIpc) is 3.47. The minimum Gasteiger partial charge on any atom is -0.324 e. The maximum atomic E-state index is 13.9. The van der Waals surface area contributed by atoms with Crippen molar-refractivity contribution in [1.29, 1.82) is 0 Å². The second kappa shape index (κ2) is 6.48. The van der Waals surface area contributed by atoms with Crippen LogP contribution in [0.25, 0.3) is 0 Å². The summed E-state index contributed by atoms with van der Waals surface area (Å²) in [6.45, 7) is 4.18. The molecule has 4 aliphatic heterocycles. The normalized spacial score (nSPS) is 30.1.